The van der Waals surface area contributed by atoms with Crippen molar-refractivity contribution in [1.29, 1.82) is 10.5 Å². The van der Waals surface area contributed by atoms with Gasteiger partial charge in [0.2, 0.25) is 0 Å². The molecule has 0 radical (unpaired) electrons. The monoisotopic (exact) mass is 407 g/mol. The first-order chi connectivity index (χ1) is 14.7. The van der Waals surface area contributed by atoms with Gasteiger partial charge in [0.1, 0.15) is 6.04 Å². The number of hydrogen-bond donors (Lipinski definition) is 0. The van der Waals surface area contributed by atoms with E-state index in [0.717, 1.165) is 16.7 Å². The van der Waals surface area contributed by atoms with Crippen molar-refractivity contribution in [3.63, 3.8) is 0 Å². The molecule has 0 amide bonds. The number of fused-ring (bicyclic) bond motifs is 3. The number of hydrogen-bond acceptors (Lipinski definition) is 5. The summed E-state index contributed by atoms with van der Waals surface area (Å²) in [5.41, 5.74) is 1.94. The first-order valence-electron chi connectivity index (χ1n) is 9.69. The number of nitrogens with zero attached hydrogens (tertiary/aromatic N) is 3. The van der Waals surface area contributed by atoms with Crippen molar-refractivity contribution < 1.29 is 4.79 Å². The minimum Gasteiger partial charge on any atom is -0.357 e. The van der Waals surface area contributed by atoms with Crippen molar-refractivity contribution in [2.24, 2.45) is 5.41 Å². The average Bonchev–Trinajstić information content (AvgIpc) is 3.43. The highest BCUT2D eigenvalue weighted by Crippen LogP contribution is 2.60. The molecule has 5 rings (SSSR count). The van der Waals surface area contributed by atoms with Gasteiger partial charge in [-0.1, -0.05) is 54.6 Å². The molecule has 2 aromatic carbocycles. The molecule has 3 aromatic rings. The third-order valence-electron chi connectivity index (χ3n) is 6.17. The average molecular weight is 407 g/mol. The second kappa shape index (κ2) is 6.99. The molecular formula is C25H17N3OS. The summed E-state index contributed by atoms with van der Waals surface area (Å²) >= 11 is 1.51. The van der Waals surface area contributed by atoms with Crippen molar-refractivity contribution in [2.75, 3.05) is 0 Å². The number of carbonyl (C=O) groups excluding carboxylic acids is 1. The number of thiophene rings is 1. The number of nitriles is 2. The Morgan fingerprint density at radius 1 is 1.00 bits per heavy atom. The topological polar surface area (TPSA) is 67.9 Å². The molecule has 0 saturated carbocycles. The Morgan fingerprint density at radius 2 is 1.73 bits per heavy atom. The first-order valence-corrected chi connectivity index (χ1v) is 10.6. The van der Waals surface area contributed by atoms with E-state index in [4.69, 9.17) is 0 Å². The second-order valence-electron chi connectivity index (χ2n) is 7.60. The van der Waals surface area contributed by atoms with Gasteiger partial charge < -0.3 is 4.90 Å². The van der Waals surface area contributed by atoms with E-state index < -0.39 is 23.4 Å². The van der Waals surface area contributed by atoms with Crippen LogP contribution < -0.4 is 0 Å². The van der Waals surface area contributed by atoms with Crippen LogP contribution in [0, 0.1) is 28.1 Å². The lowest BCUT2D eigenvalue weighted by Gasteiger charge is -2.34. The van der Waals surface area contributed by atoms with Gasteiger partial charge in [0.05, 0.1) is 18.2 Å². The lowest BCUT2D eigenvalue weighted by Crippen LogP contribution is -2.37. The first kappa shape index (κ1) is 18.4. The zero-order valence-electron chi connectivity index (χ0n) is 16.0. The predicted octanol–water partition coefficient (Wildman–Crippen LogP) is 5.16. The van der Waals surface area contributed by atoms with Crippen molar-refractivity contribution in [2.45, 2.75) is 18.0 Å². The zero-order chi connectivity index (χ0) is 20.7. The van der Waals surface area contributed by atoms with E-state index >= 15 is 0 Å². The number of carbonyl (C=O) groups is 1. The number of ketones is 1. The fraction of sp³-hybridized carbons (Fsp3) is 0.160. The summed E-state index contributed by atoms with van der Waals surface area (Å²) in [4.78, 5) is 15.7. The molecule has 3 heterocycles. The van der Waals surface area contributed by atoms with Crippen LogP contribution in [0.3, 0.4) is 0 Å². The summed E-state index contributed by atoms with van der Waals surface area (Å²) in [7, 11) is 0. The quantitative estimate of drug-likeness (QED) is 0.563. The fourth-order valence-corrected chi connectivity index (χ4v) is 5.59. The Morgan fingerprint density at radius 3 is 2.43 bits per heavy atom. The highest BCUT2D eigenvalue weighted by molar-refractivity contribution is 7.08. The normalized spacial score (nSPS) is 23.1. The van der Waals surface area contributed by atoms with Crippen LogP contribution in [-0.4, -0.2) is 16.7 Å². The van der Waals surface area contributed by atoms with Crippen molar-refractivity contribution in [3.8, 4) is 12.1 Å². The molecule has 30 heavy (non-hydrogen) atoms. The van der Waals surface area contributed by atoms with E-state index in [-0.39, 0.29) is 5.78 Å². The summed E-state index contributed by atoms with van der Waals surface area (Å²) < 4.78 is 0. The van der Waals surface area contributed by atoms with E-state index in [9.17, 15) is 15.3 Å². The van der Waals surface area contributed by atoms with Gasteiger partial charge in [-0.15, -0.1) is 0 Å². The van der Waals surface area contributed by atoms with Crippen LogP contribution in [-0.2, 0) is 0 Å². The zero-order valence-corrected chi connectivity index (χ0v) is 16.8. The van der Waals surface area contributed by atoms with Crippen molar-refractivity contribution in [1.82, 2.24) is 4.90 Å². The van der Waals surface area contributed by atoms with Crippen LogP contribution >= 0.6 is 11.3 Å². The third kappa shape index (κ3) is 2.46. The standard InChI is InChI=1S/C25H17N3OS/c26-15-25(16-27)21(19-11-13-30-14-19)22(23(29)18-7-2-1-3-8-18)28-12-10-17-6-4-5-9-20(17)24(25)28/h1-14,21-22,24H. The Bertz CT molecular complexity index is 1200. The van der Waals surface area contributed by atoms with Crippen molar-refractivity contribution >= 4 is 23.2 Å². The highest BCUT2D eigenvalue weighted by Gasteiger charge is 2.63. The summed E-state index contributed by atoms with van der Waals surface area (Å²) in [6.45, 7) is 0. The maximum atomic E-state index is 13.7. The number of rotatable bonds is 3. The van der Waals surface area contributed by atoms with Gasteiger partial charge in [-0.2, -0.15) is 21.9 Å². The molecule has 144 valence electrons. The number of benzene rings is 2. The smallest absolute Gasteiger partial charge is 0.185 e. The molecule has 0 bridgehead atoms. The van der Waals surface area contributed by atoms with Gasteiger partial charge in [0.15, 0.2) is 11.2 Å². The molecule has 0 spiro atoms. The molecule has 0 aliphatic carbocycles. The van der Waals surface area contributed by atoms with Gasteiger partial charge in [0.25, 0.3) is 0 Å². The van der Waals surface area contributed by atoms with Crippen LogP contribution in [0.15, 0.2) is 77.6 Å². The lowest BCUT2D eigenvalue weighted by molar-refractivity contribution is 0.0875. The van der Waals surface area contributed by atoms with Crippen LogP contribution in [0.25, 0.3) is 6.08 Å². The van der Waals surface area contributed by atoms with E-state index in [1.165, 1.54) is 11.3 Å². The van der Waals surface area contributed by atoms with Gasteiger partial charge in [0, 0.05) is 17.7 Å². The molecule has 2 aliphatic rings. The summed E-state index contributed by atoms with van der Waals surface area (Å²) in [6, 6.07) is 22.4. The lowest BCUT2D eigenvalue weighted by atomic mass is 9.68. The Hall–Kier alpha value is -3.67. The predicted molar refractivity (Wildman–Crippen MR) is 115 cm³/mol. The third-order valence-corrected chi connectivity index (χ3v) is 6.87. The molecule has 2 aliphatic heterocycles. The molecule has 0 N–H and O–H groups in total. The van der Waals surface area contributed by atoms with E-state index in [1.54, 1.807) is 12.1 Å². The second-order valence-corrected chi connectivity index (χ2v) is 8.38. The maximum Gasteiger partial charge on any atom is 0.185 e. The largest absolute Gasteiger partial charge is 0.357 e. The molecule has 1 fully saturated rings. The number of Topliss-reactive ketones (excluding diaryl/α,β-unsaturated/α-hetero) is 1. The summed E-state index contributed by atoms with van der Waals surface area (Å²) in [5.74, 6) is -0.638. The van der Waals surface area contributed by atoms with E-state index in [0.29, 0.717) is 5.56 Å². The van der Waals surface area contributed by atoms with Crippen LogP contribution in [0.4, 0.5) is 0 Å². The van der Waals surface area contributed by atoms with Gasteiger partial charge in [-0.3, -0.25) is 4.79 Å². The summed E-state index contributed by atoms with van der Waals surface area (Å²) in [6.07, 6.45) is 3.85. The molecule has 5 heteroatoms. The molecule has 1 saturated heterocycles. The van der Waals surface area contributed by atoms with Gasteiger partial charge >= 0.3 is 0 Å². The molecule has 1 aromatic heterocycles. The van der Waals surface area contributed by atoms with Gasteiger partial charge in [-0.05, 0) is 39.6 Å². The van der Waals surface area contributed by atoms with E-state index in [1.807, 2.05) is 76.5 Å². The molecule has 3 unspecified atom stereocenters. The Labute approximate surface area is 178 Å². The Balaban J connectivity index is 1.77. The molecule has 4 nitrogen and oxygen atoms in total. The van der Waals surface area contributed by atoms with Crippen LogP contribution in [0.1, 0.15) is 39.0 Å². The van der Waals surface area contributed by atoms with Gasteiger partial charge in [-0.25, -0.2) is 0 Å². The molecular weight excluding hydrogens is 390 g/mol. The summed E-state index contributed by atoms with van der Waals surface area (Å²) in [5, 5.41) is 24.7. The highest BCUT2D eigenvalue weighted by atomic mass is 32.1. The minimum absolute atomic E-state index is 0.0757. The Kier molecular flexibility index (Phi) is 4.28. The van der Waals surface area contributed by atoms with Crippen LogP contribution in [0.5, 0.6) is 0 Å². The fourth-order valence-electron chi connectivity index (χ4n) is 4.89. The van der Waals surface area contributed by atoms with E-state index in [2.05, 4.69) is 12.1 Å². The maximum absolute atomic E-state index is 13.7. The van der Waals surface area contributed by atoms with Crippen LogP contribution in [0.2, 0.25) is 0 Å². The SMILES string of the molecule is N#CC1(C#N)C(c2ccsc2)C(C(=O)c2ccccc2)N2C=Cc3ccccc3C21. The molecule has 3 atom stereocenters. The van der Waals surface area contributed by atoms with Crippen molar-refractivity contribution in [3.05, 3.63) is 99.9 Å². The minimum atomic E-state index is -1.39.